The van der Waals surface area contributed by atoms with E-state index in [1.165, 1.54) is 18.7 Å². The van der Waals surface area contributed by atoms with Gasteiger partial charge in [0, 0.05) is 30.6 Å². The van der Waals surface area contributed by atoms with E-state index in [4.69, 9.17) is 0 Å². The Hall–Kier alpha value is -0.560. The van der Waals surface area contributed by atoms with Crippen molar-refractivity contribution in [2.45, 2.75) is 26.7 Å². The number of hydrogen-bond acceptors (Lipinski definition) is 5. The van der Waals surface area contributed by atoms with Crippen LogP contribution in [0.1, 0.15) is 26.7 Å². The van der Waals surface area contributed by atoms with E-state index in [2.05, 4.69) is 5.32 Å². The summed E-state index contributed by atoms with van der Waals surface area (Å²) in [6.45, 7) is 3.26. The van der Waals surface area contributed by atoms with Crippen molar-refractivity contribution in [3.63, 3.8) is 0 Å². The van der Waals surface area contributed by atoms with E-state index >= 15 is 0 Å². The fraction of sp³-hybridized carbons (Fsp3) is 0.818. The molecule has 7 heteroatoms. The first-order valence-electron chi connectivity index (χ1n) is 5.91. The minimum absolute atomic E-state index is 0.0332. The fourth-order valence-corrected chi connectivity index (χ4v) is 4.09. The smallest absolute Gasteiger partial charge is 0.217 e. The molecule has 106 valence electrons. The summed E-state index contributed by atoms with van der Waals surface area (Å²) in [7, 11) is -2.92. The van der Waals surface area contributed by atoms with Crippen LogP contribution >= 0.6 is 11.8 Å². The number of carbonyl (C=O) groups excluding carboxylic acids is 2. The van der Waals surface area contributed by atoms with Crippen LogP contribution in [0.15, 0.2) is 0 Å². The Morgan fingerprint density at radius 1 is 1.17 bits per heavy atom. The van der Waals surface area contributed by atoms with Crippen LogP contribution in [-0.4, -0.2) is 49.7 Å². The van der Waals surface area contributed by atoms with Crippen molar-refractivity contribution < 1.29 is 18.0 Å². The van der Waals surface area contributed by atoms with Crippen LogP contribution in [0.4, 0.5) is 0 Å². The fourth-order valence-electron chi connectivity index (χ4n) is 1.20. The number of carbonyl (C=O) groups is 2. The standard InChI is InChI=1S/C11H21NO4S2/c1-3-7-18(15,16)8-6-17-5-4-11(14)9-12-10(2)13/h3-9H2,1-2H3,(H,12,13). The van der Waals surface area contributed by atoms with Gasteiger partial charge in [-0.05, 0) is 6.42 Å². The van der Waals surface area contributed by atoms with Gasteiger partial charge in [0.25, 0.3) is 0 Å². The highest BCUT2D eigenvalue weighted by atomic mass is 32.2. The van der Waals surface area contributed by atoms with Crippen molar-refractivity contribution in [1.82, 2.24) is 5.32 Å². The third-order valence-electron chi connectivity index (χ3n) is 2.11. The maximum atomic E-state index is 11.4. The van der Waals surface area contributed by atoms with Crippen LogP contribution in [0.25, 0.3) is 0 Å². The Balaban J connectivity index is 3.56. The molecule has 0 heterocycles. The molecule has 0 aromatic heterocycles. The van der Waals surface area contributed by atoms with Crippen molar-refractivity contribution in [2.75, 3.05) is 29.6 Å². The minimum Gasteiger partial charge on any atom is -0.349 e. The molecule has 0 aliphatic carbocycles. The summed E-state index contributed by atoms with van der Waals surface area (Å²) >= 11 is 1.46. The number of thioether (sulfide) groups is 1. The van der Waals surface area contributed by atoms with E-state index in [-0.39, 0.29) is 29.7 Å². The predicted octanol–water partition coefficient (Wildman–Crippen LogP) is 0.640. The molecule has 0 saturated heterocycles. The minimum atomic E-state index is -2.92. The molecule has 0 spiro atoms. The van der Waals surface area contributed by atoms with E-state index in [1.807, 2.05) is 6.92 Å². The van der Waals surface area contributed by atoms with Gasteiger partial charge in [-0.3, -0.25) is 9.59 Å². The van der Waals surface area contributed by atoms with Crippen molar-refractivity contribution >= 4 is 33.3 Å². The lowest BCUT2D eigenvalue weighted by Crippen LogP contribution is -2.27. The van der Waals surface area contributed by atoms with Crippen molar-refractivity contribution in [3.05, 3.63) is 0 Å². The molecule has 1 N–H and O–H groups in total. The number of sulfone groups is 1. The van der Waals surface area contributed by atoms with Gasteiger partial charge in [-0.1, -0.05) is 6.92 Å². The average Bonchev–Trinajstić information content (AvgIpc) is 2.25. The maximum absolute atomic E-state index is 11.4. The number of ketones is 1. The van der Waals surface area contributed by atoms with Crippen LogP contribution in [0.2, 0.25) is 0 Å². The SMILES string of the molecule is CCCS(=O)(=O)CCSCCC(=O)CNC(C)=O. The van der Waals surface area contributed by atoms with Gasteiger partial charge >= 0.3 is 0 Å². The van der Waals surface area contributed by atoms with E-state index in [0.717, 1.165) is 0 Å². The van der Waals surface area contributed by atoms with Gasteiger partial charge in [-0.2, -0.15) is 11.8 Å². The summed E-state index contributed by atoms with van der Waals surface area (Å²) in [4.78, 5) is 21.8. The number of nitrogens with one attached hydrogen (secondary N) is 1. The summed E-state index contributed by atoms with van der Waals surface area (Å²) in [6.07, 6.45) is 1.00. The number of amides is 1. The molecule has 0 bridgehead atoms. The number of Topliss-reactive ketones (excluding diaryl/α,β-unsaturated/α-hetero) is 1. The third-order valence-corrected chi connectivity index (χ3v) is 5.21. The molecule has 0 fully saturated rings. The Labute approximate surface area is 113 Å². The molecule has 1 amide bonds. The zero-order valence-electron chi connectivity index (χ0n) is 10.9. The molecule has 0 radical (unpaired) electrons. The van der Waals surface area contributed by atoms with Crippen molar-refractivity contribution in [2.24, 2.45) is 0 Å². The largest absolute Gasteiger partial charge is 0.349 e. The Morgan fingerprint density at radius 3 is 2.39 bits per heavy atom. The summed E-state index contributed by atoms with van der Waals surface area (Å²) in [5, 5.41) is 2.43. The highest BCUT2D eigenvalue weighted by molar-refractivity contribution is 8.00. The molecule has 0 aliphatic heterocycles. The molecule has 0 saturated carbocycles. The van der Waals surface area contributed by atoms with Gasteiger partial charge in [0.15, 0.2) is 15.6 Å². The Kier molecular flexibility index (Phi) is 9.09. The summed E-state index contributed by atoms with van der Waals surface area (Å²) < 4.78 is 22.8. The van der Waals surface area contributed by atoms with Gasteiger partial charge < -0.3 is 5.32 Å². The monoisotopic (exact) mass is 295 g/mol. The lowest BCUT2D eigenvalue weighted by molar-refractivity contribution is -0.123. The van der Waals surface area contributed by atoms with Crippen LogP contribution in [0, 0.1) is 0 Å². The Morgan fingerprint density at radius 2 is 1.83 bits per heavy atom. The highest BCUT2D eigenvalue weighted by Crippen LogP contribution is 2.05. The van der Waals surface area contributed by atoms with E-state index < -0.39 is 9.84 Å². The molecule has 5 nitrogen and oxygen atoms in total. The molecule has 18 heavy (non-hydrogen) atoms. The summed E-state index contributed by atoms with van der Waals surface area (Å²) in [5.41, 5.74) is 0. The maximum Gasteiger partial charge on any atom is 0.217 e. The first-order chi connectivity index (χ1) is 8.37. The predicted molar refractivity (Wildman–Crippen MR) is 74.6 cm³/mol. The second-order valence-electron chi connectivity index (χ2n) is 3.96. The van der Waals surface area contributed by atoms with Crippen molar-refractivity contribution in [1.29, 1.82) is 0 Å². The van der Waals surface area contributed by atoms with Crippen molar-refractivity contribution in [3.8, 4) is 0 Å². The topological polar surface area (TPSA) is 80.3 Å². The number of hydrogen-bond donors (Lipinski definition) is 1. The lowest BCUT2D eigenvalue weighted by Gasteiger charge is -2.03. The van der Waals surface area contributed by atoms with E-state index in [1.54, 1.807) is 0 Å². The average molecular weight is 295 g/mol. The first kappa shape index (κ1) is 17.4. The Bertz CT molecular complexity index is 365. The van der Waals surface area contributed by atoms with Gasteiger partial charge in [0.2, 0.25) is 5.91 Å². The molecule has 0 rings (SSSR count). The summed E-state index contributed by atoms with van der Waals surface area (Å²) in [5.74, 6) is 1.27. The van der Waals surface area contributed by atoms with Gasteiger partial charge in [-0.25, -0.2) is 8.42 Å². The normalized spacial score (nSPS) is 11.2. The van der Waals surface area contributed by atoms with E-state index in [0.29, 0.717) is 24.3 Å². The van der Waals surface area contributed by atoms with Crippen LogP contribution in [0.3, 0.4) is 0 Å². The number of rotatable bonds is 10. The highest BCUT2D eigenvalue weighted by Gasteiger charge is 2.09. The molecule has 0 aromatic rings. The third kappa shape index (κ3) is 10.6. The second-order valence-corrected chi connectivity index (χ2v) is 7.49. The quantitative estimate of drug-likeness (QED) is 0.598. The molecule has 0 unspecified atom stereocenters. The van der Waals surface area contributed by atoms with Crippen LogP contribution < -0.4 is 5.32 Å². The molecule has 0 aromatic carbocycles. The molecule has 0 atom stereocenters. The second kappa shape index (κ2) is 9.38. The van der Waals surface area contributed by atoms with Gasteiger partial charge in [-0.15, -0.1) is 0 Å². The zero-order valence-corrected chi connectivity index (χ0v) is 12.5. The molecular formula is C11H21NO4S2. The zero-order chi connectivity index (χ0) is 14.0. The van der Waals surface area contributed by atoms with Crippen LogP contribution in [0.5, 0.6) is 0 Å². The van der Waals surface area contributed by atoms with E-state index in [9.17, 15) is 18.0 Å². The van der Waals surface area contributed by atoms with Crippen LogP contribution in [-0.2, 0) is 19.4 Å². The lowest BCUT2D eigenvalue weighted by atomic mass is 10.3. The van der Waals surface area contributed by atoms with Gasteiger partial charge in [0.05, 0.1) is 12.3 Å². The first-order valence-corrected chi connectivity index (χ1v) is 8.89. The molecule has 0 aliphatic rings. The molecular weight excluding hydrogens is 274 g/mol. The van der Waals surface area contributed by atoms with Gasteiger partial charge in [0.1, 0.15) is 0 Å². The summed E-state index contributed by atoms with van der Waals surface area (Å²) in [6, 6.07) is 0.